The summed E-state index contributed by atoms with van der Waals surface area (Å²) >= 11 is 1.36. The van der Waals surface area contributed by atoms with Crippen LogP contribution < -0.4 is 15.8 Å². The third-order valence-electron chi connectivity index (χ3n) is 3.81. The van der Waals surface area contributed by atoms with E-state index in [-0.39, 0.29) is 18.9 Å². The molecular weight excluding hydrogens is 324 g/mol. The van der Waals surface area contributed by atoms with E-state index < -0.39 is 5.91 Å². The Morgan fingerprint density at radius 3 is 2.46 bits per heavy atom. The number of anilines is 1. The molecule has 0 saturated heterocycles. The Bertz CT molecular complexity index is 735. The van der Waals surface area contributed by atoms with Crippen molar-refractivity contribution in [3.63, 3.8) is 0 Å². The first-order valence-electron chi connectivity index (χ1n) is 7.83. The summed E-state index contributed by atoms with van der Waals surface area (Å²) in [4.78, 5) is 24.6. The van der Waals surface area contributed by atoms with Crippen LogP contribution in [0, 0.1) is 13.8 Å². The third kappa shape index (κ3) is 4.35. The number of primary amides is 1. The topological polar surface area (TPSA) is 81.4 Å². The van der Waals surface area contributed by atoms with Gasteiger partial charge in [0.2, 0.25) is 5.91 Å². The van der Waals surface area contributed by atoms with Crippen molar-refractivity contribution >= 4 is 28.2 Å². The van der Waals surface area contributed by atoms with Gasteiger partial charge in [0.05, 0.1) is 18.6 Å². The number of carbonyl (C=O) groups excluding carboxylic acids is 2. The van der Waals surface area contributed by atoms with Crippen LogP contribution in [0.1, 0.15) is 39.7 Å². The Hall–Kier alpha value is -2.34. The molecule has 0 saturated carbocycles. The van der Waals surface area contributed by atoms with Crippen molar-refractivity contribution in [2.45, 2.75) is 33.6 Å². The molecule has 1 aromatic carbocycles. The second kappa shape index (κ2) is 7.97. The van der Waals surface area contributed by atoms with Crippen molar-refractivity contribution in [3.8, 4) is 5.75 Å². The quantitative estimate of drug-likeness (QED) is 0.806. The highest BCUT2D eigenvalue weighted by molar-refractivity contribution is 7.16. The SMILES string of the molecule is CCc1ccc(OCCC(=O)Nc2sc(C)c(C)c2C(N)=O)cc1. The van der Waals surface area contributed by atoms with Gasteiger partial charge in [-0.25, -0.2) is 0 Å². The summed E-state index contributed by atoms with van der Waals surface area (Å²) in [6.45, 7) is 6.08. The molecule has 0 fully saturated rings. The van der Waals surface area contributed by atoms with E-state index in [2.05, 4.69) is 12.2 Å². The number of ether oxygens (including phenoxy) is 1. The first-order valence-corrected chi connectivity index (χ1v) is 8.65. The van der Waals surface area contributed by atoms with E-state index in [1.807, 2.05) is 38.1 Å². The van der Waals surface area contributed by atoms with Gasteiger partial charge in [0, 0.05) is 4.88 Å². The second-order valence-electron chi connectivity index (χ2n) is 5.50. The first kappa shape index (κ1) is 18.0. The molecule has 1 aromatic heterocycles. The maximum absolute atomic E-state index is 12.1. The van der Waals surface area contributed by atoms with Crippen LogP contribution in [0.25, 0.3) is 0 Å². The number of hydrogen-bond donors (Lipinski definition) is 2. The Balaban J connectivity index is 1.89. The van der Waals surface area contributed by atoms with E-state index >= 15 is 0 Å². The summed E-state index contributed by atoms with van der Waals surface area (Å²) in [6.07, 6.45) is 1.17. The van der Waals surface area contributed by atoms with Gasteiger partial charge in [-0.15, -0.1) is 11.3 Å². The lowest BCUT2D eigenvalue weighted by Crippen LogP contribution is -2.18. The highest BCUT2D eigenvalue weighted by Gasteiger charge is 2.18. The first-order chi connectivity index (χ1) is 11.4. The molecule has 0 radical (unpaired) electrons. The van der Waals surface area contributed by atoms with Crippen LogP contribution in [-0.2, 0) is 11.2 Å². The minimum absolute atomic E-state index is 0.198. The largest absolute Gasteiger partial charge is 0.493 e. The number of rotatable bonds is 7. The summed E-state index contributed by atoms with van der Waals surface area (Å²) in [6, 6.07) is 7.80. The maximum Gasteiger partial charge on any atom is 0.251 e. The Labute approximate surface area is 145 Å². The van der Waals surface area contributed by atoms with Crippen LogP contribution in [0.5, 0.6) is 5.75 Å². The van der Waals surface area contributed by atoms with Gasteiger partial charge in [-0.05, 0) is 43.5 Å². The van der Waals surface area contributed by atoms with Gasteiger partial charge in [0.25, 0.3) is 5.91 Å². The van der Waals surface area contributed by atoms with E-state index in [1.54, 1.807) is 0 Å². The van der Waals surface area contributed by atoms with Gasteiger partial charge in [-0.2, -0.15) is 0 Å². The number of amides is 2. The van der Waals surface area contributed by atoms with Crippen molar-refractivity contribution < 1.29 is 14.3 Å². The average Bonchev–Trinajstić information content (AvgIpc) is 2.82. The predicted octanol–water partition coefficient (Wildman–Crippen LogP) is 3.43. The molecule has 3 N–H and O–H groups in total. The zero-order valence-electron chi connectivity index (χ0n) is 14.1. The van der Waals surface area contributed by atoms with Gasteiger partial charge < -0.3 is 15.8 Å². The fourth-order valence-corrected chi connectivity index (χ4v) is 3.37. The summed E-state index contributed by atoms with van der Waals surface area (Å²) in [5.41, 5.74) is 7.84. The fourth-order valence-electron chi connectivity index (χ4n) is 2.28. The van der Waals surface area contributed by atoms with Gasteiger partial charge >= 0.3 is 0 Å². The van der Waals surface area contributed by atoms with Crippen molar-refractivity contribution in [1.29, 1.82) is 0 Å². The van der Waals surface area contributed by atoms with Crippen LogP contribution in [-0.4, -0.2) is 18.4 Å². The van der Waals surface area contributed by atoms with Crippen LogP contribution in [0.4, 0.5) is 5.00 Å². The predicted molar refractivity (Wildman–Crippen MR) is 96.9 cm³/mol. The highest BCUT2D eigenvalue weighted by Crippen LogP contribution is 2.32. The standard InChI is InChI=1S/C18H22N2O3S/c1-4-13-5-7-14(8-6-13)23-10-9-15(21)20-18-16(17(19)22)11(2)12(3)24-18/h5-8H,4,9-10H2,1-3H3,(H2,19,22)(H,20,21). The van der Waals surface area contributed by atoms with Crippen molar-refractivity contribution in [2.75, 3.05) is 11.9 Å². The molecule has 0 aliphatic rings. The van der Waals surface area contributed by atoms with Gasteiger partial charge in [-0.1, -0.05) is 19.1 Å². The van der Waals surface area contributed by atoms with Crippen molar-refractivity contribution in [3.05, 3.63) is 45.8 Å². The fraction of sp³-hybridized carbons (Fsp3) is 0.333. The Morgan fingerprint density at radius 2 is 1.88 bits per heavy atom. The molecule has 0 unspecified atom stereocenters. The zero-order valence-corrected chi connectivity index (χ0v) is 15.0. The average molecular weight is 346 g/mol. The molecule has 128 valence electrons. The monoisotopic (exact) mass is 346 g/mol. The lowest BCUT2D eigenvalue weighted by Gasteiger charge is -2.08. The molecule has 0 atom stereocenters. The number of carbonyl (C=O) groups is 2. The van der Waals surface area contributed by atoms with Gasteiger partial charge in [0.1, 0.15) is 10.8 Å². The van der Waals surface area contributed by atoms with Crippen LogP contribution in [0.2, 0.25) is 0 Å². The molecular formula is C18H22N2O3S. The minimum Gasteiger partial charge on any atom is -0.493 e. The molecule has 5 nitrogen and oxygen atoms in total. The van der Waals surface area contributed by atoms with Crippen LogP contribution in [0.15, 0.2) is 24.3 Å². The molecule has 0 bridgehead atoms. The van der Waals surface area contributed by atoms with E-state index in [4.69, 9.17) is 10.5 Å². The molecule has 6 heteroatoms. The Kier molecular flexibility index (Phi) is 5.98. The third-order valence-corrected chi connectivity index (χ3v) is 4.94. The summed E-state index contributed by atoms with van der Waals surface area (Å²) in [5, 5.41) is 3.27. The Morgan fingerprint density at radius 1 is 1.21 bits per heavy atom. The molecule has 0 aliphatic heterocycles. The number of hydrogen-bond acceptors (Lipinski definition) is 4. The molecule has 2 rings (SSSR count). The van der Waals surface area contributed by atoms with Crippen LogP contribution >= 0.6 is 11.3 Å². The molecule has 1 heterocycles. The second-order valence-corrected chi connectivity index (χ2v) is 6.72. The minimum atomic E-state index is -0.528. The molecule has 24 heavy (non-hydrogen) atoms. The van der Waals surface area contributed by atoms with E-state index in [1.165, 1.54) is 16.9 Å². The summed E-state index contributed by atoms with van der Waals surface area (Å²) in [5.74, 6) is 0.00368. The number of benzene rings is 1. The normalized spacial score (nSPS) is 10.5. The maximum atomic E-state index is 12.1. The number of aryl methyl sites for hydroxylation is 2. The number of nitrogens with one attached hydrogen (secondary N) is 1. The molecule has 2 aromatic rings. The van der Waals surface area contributed by atoms with Crippen molar-refractivity contribution in [2.24, 2.45) is 5.73 Å². The number of nitrogens with two attached hydrogens (primary N) is 1. The molecule has 0 spiro atoms. The lowest BCUT2D eigenvalue weighted by molar-refractivity contribution is -0.116. The van der Waals surface area contributed by atoms with E-state index in [0.717, 1.165) is 22.6 Å². The van der Waals surface area contributed by atoms with Crippen molar-refractivity contribution in [1.82, 2.24) is 0 Å². The summed E-state index contributed by atoms with van der Waals surface area (Å²) < 4.78 is 5.57. The molecule has 2 amide bonds. The van der Waals surface area contributed by atoms with E-state index in [0.29, 0.717) is 10.6 Å². The highest BCUT2D eigenvalue weighted by atomic mass is 32.1. The zero-order chi connectivity index (χ0) is 17.7. The smallest absolute Gasteiger partial charge is 0.251 e. The molecule has 0 aliphatic carbocycles. The lowest BCUT2D eigenvalue weighted by atomic mass is 10.1. The van der Waals surface area contributed by atoms with Crippen LogP contribution in [0.3, 0.4) is 0 Å². The number of thiophene rings is 1. The summed E-state index contributed by atoms with van der Waals surface area (Å²) in [7, 11) is 0. The van der Waals surface area contributed by atoms with E-state index in [9.17, 15) is 9.59 Å². The van der Waals surface area contributed by atoms with Gasteiger partial charge in [0.15, 0.2) is 0 Å². The van der Waals surface area contributed by atoms with Gasteiger partial charge in [-0.3, -0.25) is 9.59 Å².